The zero-order valence-electron chi connectivity index (χ0n) is 5.94. The van der Waals surface area contributed by atoms with Gasteiger partial charge in [0, 0.05) is 6.07 Å². The van der Waals surface area contributed by atoms with Crippen LogP contribution >= 0.6 is 12.4 Å². The van der Waals surface area contributed by atoms with Gasteiger partial charge in [-0.15, -0.1) is 22.6 Å². The molecule has 0 amide bonds. The zero-order valence-corrected chi connectivity index (χ0v) is 6.76. The Balaban J connectivity index is 0.000001000. The number of nitrogens with zero attached hydrogens (tertiary/aromatic N) is 2. The predicted octanol–water partition coefficient (Wildman–Crippen LogP) is 0.193. The van der Waals surface area contributed by atoms with Gasteiger partial charge in [-0.05, 0) is 6.07 Å². The molecule has 1 aromatic rings. The monoisotopic (exact) mass is 176 g/mol. The Morgan fingerprint density at radius 1 is 1.45 bits per heavy atom. The van der Waals surface area contributed by atoms with Crippen LogP contribution in [0.5, 0.6) is 5.88 Å². The molecule has 0 radical (unpaired) electrons. The van der Waals surface area contributed by atoms with Crippen molar-refractivity contribution in [2.24, 2.45) is 5.84 Å². The molecule has 0 spiro atoms. The van der Waals surface area contributed by atoms with E-state index >= 15 is 0 Å². The molecule has 0 saturated heterocycles. The second-order valence-electron chi connectivity index (χ2n) is 1.61. The SMILES string of the molecule is COc1ccc(NN)nn1.Cl. The molecule has 5 nitrogen and oxygen atoms in total. The molecule has 0 saturated carbocycles. The van der Waals surface area contributed by atoms with Crippen molar-refractivity contribution < 1.29 is 4.74 Å². The minimum Gasteiger partial charge on any atom is -0.480 e. The Kier molecular flexibility index (Phi) is 4.24. The summed E-state index contributed by atoms with van der Waals surface area (Å²) < 4.78 is 4.77. The third-order valence-corrected chi connectivity index (χ3v) is 0.997. The number of methoxy groups -OCH3 is 1. The Hall–Kier alpha value is -1.07. The van der Waals surface area contributed by atoms with Gasteiger partial charge >= 0.3 is 0 Å². The Bertz CT molecular complexity index is 179. The minimum atomic E-state index is 0. The molecule has 0 aromatic carbocycles. The van der Waals surface area contributed by atoms with Crippen LogP contribution in [0.25, 0.3) is 0 Å². The molecule has 0 aliphatic carbocycles. The van der Waals surface area contributed by atoms with Gasteiger partial charge in [0.05, 0.1) is 7.11 Å². The molecule has 0 atom stereocenters. The van der Waals surface area contributed by atoms with Gasteiger partial charge in [0.1, 0.15) is 0 Å². The number of aromatic nitrogens is 2. The van der Waals surface area contributed by atoms with Gasteiger partial charge < -0.3 is 10.2 Å². The first-order valence-electron chi connectivity index (χ1n) is 2.71. The van der Waals surface area contributed by atoms with Crippen LogP contribution in [0.15, 0.2) is 12.1 Å². The largest absolute Gasteiger partial charge is 0.480 e. The number of nitrogens with two attached hydrogens (primary N) is 1. The van der Waals surface area contributed by atoms with Gasteiger partial charge in [-0.2, -0.15) is 0 Å². The summed E-state index contributed by atoms with van der Waals surface area (Å²) in [5, 5.41) is 7.31. The fourth-order valence-corrected chi connectivity index (χ4v) is 0.506. The summed E-state index contributed by atoms with van der Waals surface area (Å²) >= 11 is 0. The van der Waals surface area contributed by atoms with Crippen LogP contribution in [0.2, 0.25) is 0 Å². The van der Waals surface area contributed by atoms with Gasteiger partial charge in [-0.3, -0.25) is 0 Å². The highest BCUT2D eigenvalue weighted by Gasteiger charge is 1.92. The minimum absolute atomic E-state index is 0. The summed E-state index contributed by atoms with van der Waals surface area (Å²) in [6, 6.07) is 3.34. The van der Waals surface area contributed by atoms with Gasteiger partial charge in [0.15, 0.2) is 5.82 Å². The van der Waals surface area contributed by atoms with Gasteiger partial charge in [-0.1, -0.05) is 0 Å². The highest BCUT2D eigenvalue weighted by Crippen LogP contribution is 2.04. The maximum Gasteiger partial charge on any atom is 0.233 e. The van der Waals surface area contributed by atoms with Crippen LogP contribution in [0, 0.1) is 0 Å². The molecule has 11 heavy (non-hydrogen) atoms. The quantitative estimate of drug-likeness (QED) is 0.497. The van der Waals surface area contributed by atoms with E-state index in [1.165, 1.54) is 7.11 Å². The Morgan fingerprint density at radius 3 is 2.55 bits per heavy atom. The van der Waals surface area contributed by atoms with E-state index in [1.54, 1.807) is 12.1 Å². The molecule has 0 aliphatic heterocycles. The van der Waals surface area contributed by atoms with E-state index < -0.39 is 0 Å². The maximum absolute atomic E-state index is 5.05. The number of hydrogen-bond acceptors (Lipinski definition) is 5. The average molecular weight is 177 g/mol. The van der Waals surface area contributed by atoms with Crippen molar-refractivity contribution in [3.8, 4) is 5.88 Å². The molecule has 1 rings (SSSR count). The fraction of sp³-hybridized carbons (Fsp3) is 0.200. The third kappa shape index (κ3) is 2.57. The van der Waals surface area contributed by atoms with Crippen LogP contribution in [-0.4, -0.2) is 17.3 Å². The normalized spacial score (nSPS) is 8.18. The van der Waals surface area contributed by atoms with Crippen LogP contribution in [0.1, 0.15) is 0 Å². The third-order valence-electron chi connectivity index (χ3n) is 0.997. The number of nitrogens with one attached hydrogen (secondary N) is 1. The summed E-state index contributed by atoms with van der Waals surface area (Å²) in [6.07, 6.45) is 0. The van der Waals surface area contributed by atoms with E-state index in [4.69, 9.17) is 10.6 Å². The molecule has 3 N–H and O–H groups in total. The van der Waals surface area contributed by atoms with Crippen LogP contribution in [0.3, 0.4) is 0 Å². The Labute approximate surface area is 70.3 Å². The summed E-state index contributed by atoms with van der Waals surface area (Å²) in [5.41, 5.74) is 2.35. The Morgan fingerprint density at radius 2 is 2.18 bits per heavy atom. The van der Waals surface area contributed by atoms with E-state index in [0.29, 0.717) is 11.7 Å². The molecular formula is C5H9ClN4O. The van der Waals surface area contributed by atoms with Gasteiger partial charge in [0.25, 0.3) is 0 Å². The fourth-order valence-electron chi connectivity index (χ4n) is 0.506. The first-order valence-corrected chi connectivity index (χ1v) is 2.71. The maximum atomic E-state index is 5.05. The topological polar surface area (TPSA) is 73.1 Å². The van der Waals surface area contributed by atoms with Crippen LogP contribution in [0.4, 0.5) is 5.82 Å². The molecule has 1 aromatic heterocycles. The van der Waals surface area contributed by atoms with Crippen molar-refractivity contribution >= 4 is 18.2 Å². The number of rotatable bonds is 2. The molecule has 62 valence electrons. The lowest BCUT2D eigenvalue weighted by molar-refractivity contribution is 0.392. The molecule has 0 fully saturated rings. The number of anilines is 1. The summed E-state index contributed by atoms with van der Waals surface area (Å²) in [7, 11) is 1.53. The number of nitrogen functional groups attached to an aromatic ring is 1. The zero-order chi connectivity index (χ0) is 7.40. The number of hydrazine groups is 1. The summed E-state index contributed by atoms with van der Waals surface area (Å²) in [6.45, 7) is 0. The average Bonchev–Trinajstić information content (AvgIpc) is 2.05. The van der Waals surface area contributed by atoms with Crippen LogP contribution in [-0.2, 0) is 0 Å². The summed E-state index contributed by atoms with van der Waals surface area (Å²) in [5.74, 6) is 6.03. The van der Waals surface area contributed by atoms with Gasteiger partial charge in [-0.25, -0.2) is 5.84 Å². The van der Waals surface area contributed by atoms with E-state index in [-0.39, 0.29) is 12.4 Å². The highest BCUT2D eigenvalue weighted by molar-refractivity contribution is 5.85. The van der Waals surface area contributed by atoms with E-state index in [0.717, 1.165) is 0 Å². The van der Waals surface area contributed by atoms with E-state index in [1.807, 2.05) is 0 Å². The van der Waals surface area contributed by atoms with E-state index in [9.17, 15) is 0 Å². The second kappa shape index (κ2) is 4.70. The number of halogens is 1. The summed E-state index contributed by atoms with van der Waals surface area (Å²) in [4.78, 5) is 0. The van der Waals surface area contributed by atoms with Crippen molar-refractivity contribution in [1.29, 1.82) is 0 Å². The predicted molar refractivity (Wildman–Crippen MR) is 43.6 cm³/mol. The molecule has 0 bridgehead atoms. The lowest BCUT2D eigenvalue weighted by Gasteiger charge is -1.97. The van der Waals surface area contributed by atoms with E-state index in [2.05, 4.69) is 15.6 Å². The molecular weight excluding hydrogens is 168 g/mol. The number of ether oxygens (including phenoxy) is 1. The molecule has 6 heteroatoms. The first-order chi connectivity index (χ1) is 4.86. The van der Waals surface area contributed by atoms with Crippen molar-refractivity contribution in [3.05, 3.63) is 12.1 Å². The lowest BCUT2D eigenvalue weighted by Crippen LogP contribution is -2.08. The van der Waals surface area contributed by atoms with Gasteiger partial charge in [0.2, 0.25) is 5.88 Å². The molecule has 0 aliphatic rings. The highest BCUT2D eigenvalue weighted by atomic mass is 35.5. The first kappa shape index (κ1) is 9.93. The van der Waals surface area contributed by atoms with Crippen molar-refractivity contribution in [1.82, 2.24) is 10.2 Å². The number of hydrogen-bond donors (Lipinski definition) is 2. The van der Waals surface area contributed by atoms with Crippen molar-refractivity contribution in [2.75, 3.05) is 12.5 Å². The lowest BCUT2D eigenvalue weighted by atomic mass is 10.5. The molecule has 1 heterocycles. The van der Waals surface area contributed by atoms with Crippen LogP contribution < -0.4 is 16.0 Å². The standard InChI is InChI=1S/C5H8N4O.ClH/c1-10-5-3-2-4(7-6)8-9-5;/h2-3H,6H2,1H3,(H,7,8);1H. The smallest absolute Gasteiger partial charge is 0.233 e. The van der Waals surface area contributed by atoms with Crippen molar-refractivity contribution in [3.63, 3.8) is 0 Å². The molecule has 0 unspecified atom stereocenters. The van der Waals surface area contributed by atoms with Crippen molar-refractivity contribution in [2.45, 2.75) is 0 Å². The second-order valence-corrected chi connectivity index (χ2v) is 1.61.